The highest BCUT2D eigenvalue weighted by atomic mass is 79.9. The minimum atomic E-state index is -0.103. The Balaban J connectivity index is 3.36. The molecule has 0 atom stereocenters. The minimum Gasteiger partial charge on any atom is -0.289 e. The Morgan fingerprint density at radius 3 is 2.46 bits per heavy atom. The molecule has 1 aromatic rings. The molecule has 0 aliphatic rings. The molecular weight excluding hydrogens is 364 g/mol. The van der Waals surface area contributed by atoms with Gasteiger partial charge < -0.3 is 0 Å². The van der Waals surface area contributed by atoms with Crippen LogP contribution in [0, 0.1) is 0 Å². The molecule has 0 amide bonds. The molecule has 0 N–H and O–H groups in total. The van der Waals surface area contributed by atoms with E-state index in [0.29, 0.717) is 5.56 Å². The van der Waals surface area contributed by atoms with Crippen LogP contribution in [0.2, 0.25) is 0 Å². The summed E-state index contributed by atoms with van der Waals surface area (Å²) in [6.45, 7) is 3.44. The lowest BCUT2D eigenvalue weighted by Crippen LogP contribution is -1.95. The Labute approximate surface area is 102 Å². The van der Waals surface area contributed by atoms with Gasteiger partial charge in [-0.05, 0) is 50.1 Å². The molecule has 0 aliphatic heterocycles. The summed E-state index contributed by atoms with van der Waals surface area (Å²) in [5.41, 5.74) is 0.594. The Morgan fingerprint density at radius 1 is 1.31 bits per heavy atom. The fourth-order valence-corrected chi connectivity index (χ4v) is 2.49. The van der Waals surface area contributed by atoms with Crippen LogP contribution in [0.25, 0.3) is 0 Å². The number of hydrogen-bond acceptors (Lipinski definition) is 1. The quantitative estimate of drug-likeness (QED) is 0.431. The van der Waals surface area contributed by atoms with Crippen LogP contribution in [0.3, 0.4) is 0 Å². The molecule has 0 fully saturated rings. The molecule has 0 unspecified atom stereocenters. The Hall–Kier alpha value is 0.0700. The summed E-state index contributed by atoms with van der Waals surface area (Å²) >= 11 is 9.96. The first kappa shape index (κ1) is 11.1. The van der Waals surface area contributed by atoms with Gasteiger partial charge in [-0.1, -0.05) is 22.5 Å². The Kier molecular flexibility index (Phi) is 3.88. The van der Waals surface area contributed by atoms with Gasteiger partial charge in [-0.15, -0.1) is 0 Å². The molecule has 0 radical (unpaired) electrons. The summed E-state index contributed by atoms with van der Waals surface area (Å²) in [7, 11) is 0. The van der Waals surface area contributed by atoms with E-state index in [1.54, 1.807) is 6.07 Å². The summed E-state index contributed by atoms with van der Waals surface area (Å²) in [6.07, 6.45) is 1.29. The van der Waals surface area contributed by atoms with Crippen LogP contribution in [-0.2, 0) is 0 Å². The molecule has 1 rings (SSSR count). The van der Waals surface area contributed by atoms with E-state index in [-0.39, 0.29) is 5.78 Å². The molecule has 0 saturated heterocycles. The zero-order valence-electron chi connectivity index (χ0n) is 6.48. The molecule has 0 bridgehead atoms. The fourth-order valence-electron chi connectivity index (χ4n) is 0.845. The molecule has 1 nitrogen and oxygen atoms in total. The number of ketones is 1. The topological polar surface area (TPSA) is 17.1 Å². The van der Waals surface area contributed by atoms with Crippen molar-refractivity contribution in [3.63, 3.8) is 0 Å². The molecular formula is C9H5Br3O. The van der Waals surface area contributed by atoms with Crippen molar-refractivity contribution in [1.29, 1.82) is 0 Å². The van der Waals surface area contributed by atoms with Gasteiger partial charge in [0.05, 0.1) is 0 Å². The molecule has 0 heterocycles. The number of carbonyl (C=O) groups excluding carboxylic acids is 1. The molecule has 4 heteroatoms. The second kappa shape index (κ2) is 4.53. The summed E-state index contributed by atoms with van der Waals surface area (Å²) in [5, 5.41) is 0. The first-order chi connectivity index (χ1) is 6.06. The Morgan fingerprint density at radius 2 is 1.92 bits per heavy atom. The van der Waals surface area contributed by atoms with Crippen molar-refractivity contribution in [2.75, 3.05) is 0 Å². The third-order valence-electron chi connectivity index (χ3n) is 1.44. The van der Waals surface area contributed by atoms with E-state index in [1.165, 1.54) is 6.08 Å². The summed E-state index contributed by atoms with van der Waals surface area (Å²) in [4.78, 5) is 11.3. The van der Waals surface area contributed by atoms with Crippen LogP contribution in [0.15, 0.2) is 38.2 Å². The van der Waals surface area contributed by atoms with Gasteiger partial charge in [-0.2, -0.15) is 0 Å². The predicted molar refractivity (Wildman–Crippen MR) is 64.1 cm³/mol. The van der Waals surface area contributed by atoms with Crippen molar-refractivity contribution in [3.8, 4) is 0 Å². The maximum atomic E-state index is 11.3. The SMILES string of the molecule is C=CC(=O)c1cc(Br)cc(Br)c1Br. The Bertz CT molecular complexity index is 371. The first-order valence-corrected chi connectivity index (χ1v) is 5.75. The van der Waals surface area contributed by atoms with Crippen molar-refractivity contribution in [2.45, 2.75) is 0 Å². The summed E-state index contributed by atoms with van der Waals surface area (Å²) in [5.74, 6) is -0.103. The van der Waals surface area contributed by atoms with Gasteiger partial charge in [-0.3, -0.25) is 4.79 Å². The second-order valence-electron chi connectivity index (χ2n) is 2.32. The van der Waals surface area contributed by atoms with Crippen LogP contribution >= 0.6 is 47.8 Å². The first-order valence-electron chi connectivity index (χ1n) is 3.37. The lowest BCUT2D eigenvalue weighted by Gasteiger charge is -2.03. The van der Waals surface area contributed by atoms with Gasteiger partial charge in [0.2, 0.25) is 0 Å². The molecule has 0 aliphatic carbocycles. The van der Waals surface area contributed by atoms with Crippen molar-refractivity contribution < 1.29 is 4.79 Å². The number of rotatable bonds is 2. The highest BCUT2D eigenvalue weighted by molar-refractivity contribution is 9.13. The van der Waals surface area contributed by atoms with E-state index < -0.39 is 0 Å². The van der Waals surface area contributed by atoms with E-state index in [9.17, 15) is 4.79 Å². The highest BCUT2D eigenvalue weighted by Gasteiger charge is 2.10. The van der Waals surface area contributed by atoms with Crippen molar-refractivity contribution in [1.82, 2.24) is 0 Å². The van der Waals surface area contributed by atoms with Gasteiger partial charge in [-0.25, -0.2) is 0 Å². The fraction of sp³-hybridized carbons (Fsp3) is 0. The third kappa shape index (κ3) is 2.51. The van der Waals surface area contributed by atoms with Crippen LogP contribution in [0.1, 0.15) is 10.4 Å². The predicted octanol–water partition coefficient (Wildman–Crippen LogP) is 4.34. The zero-order chi connectivity index (χ0) is 10.0. The number of halogens is 3. The largest absolute Gasteiger partial charge is 0.289 e. The molecule has 1 aromatic carbocycles. The molecule has 0 spiro atoms. The number of carbonyl (C=O) groups is 1. The maximum absolute atomic E-state index is 11.3. The number of hydrogen-bond donors (Lipinski definition) is 0. The lowest BCUT2D eigenvalue weighted by atomic mass is 10.1. The van der Waals surface area contributed by atoms with Crippen LogP contribution < -0.4 is 0 Å². The smallest absolute Gasteiger partial charge is 0.186 e. The summed E-state index contributed by atoms with van der Waals surface area (Å²) in [6, 6.07) is 3.61. The molecule has 13 heavy (non-hydrogen) atoms. The molecule has 0 saturated carbocycles. The maximum Gasteiger partial charge on any atom is 0.186 e. The van der Waals surface area contributed by atoms with Crippen LogP contribution in [0.5, 0.6) is 0 Å². The minimum absolute atomic E-state index is 0.103. The van der Waals surface area contributed by atoms with E-state index in [4.69, 9.17) is 0 Å². The van der Waals surface area contributed by atoms with E-state index in [2.05, 4.69) is 54.4 Å². The standard InChI is InChI=1S/C9H5Br3O/c1-2-8(13)6-3-5(10)4-7(11)9(6)12/h2-4H,1H2. The molecule has 0 aromatic heterocycles. The summed E-state index contributed by atoms with van der Waals surface area (Å²) < 4.78 is 2.44. The zero-order valence-corrected chi connectivity index (χ0v) is 11.2. The van der Waals surface area contributed by atoms with Crippen molar-refractivity contribution in [3.05, 3.63) is 43.8 Å². The van der Waals surface area contributed by atoms with Gasteiger partial charge in [0.25, 0.3) is 0 Å². The van der Waals surface area contributed by atoms with Crippen molar-refractivity contribution in [2.24, 2.45) is 0 Å². The van der Waals surface area contributed by atoms with E-state index in [0.717, 1.165) is 13.4 Å². The van der Waals surface area contributed by atoms with E-state index in [1.807, 2.05) is 6.07 Å². The number of benzene rings is 1. The molecule has 68 valence electrons. The number of allylic oxidation sites excluding steroid dienone is 1. The lowest BCUT2D eigenvalue weighted by molar-refractivity contribution is 0.104. The third-order valence-corrected chi connectivity index (χ3v) is 3.91. The van der Waals surface area contributed by atoms with Gasteiger partial charge in [0.1, 0.15) is 0 Å². The average molecular weight is 369 g/mol. The highest BCUT2D eigenvalue weighted by Crippen LogP contribution is 2.30. The van der Waals surface area contributed by atoms with Crippen LogP contribution in [-0.4, -0.2) is 5.78 Å². The average Bonchev–Trinajstić information content (AvgIpc) is 2.10. The van der Waals surface area contributed by atoms with Gasteiger partial charge in [0.15, 0.2) is 5.78 Å². The van der Waals surface area contributed by atoms with Crippen molar-refractivity contribution >= 4 is 53.6 Å². The monoisotopic (exact) mass is 366 g/mol. The van der Waals surface area contributed by atoms with E-state index >= 15 is 0 Å². The van der Waals surface area contributed by atoms with Gasteiger partial charge in [0, 0.05) is 19.0 Å². The van der Waals surface area contributed by atoms with Gasteiger partial charge >= 0.3 is 0 Å². The van der Waals surface area contributed by atoms with Crippen LogP contribution in [0.4, 0.5) is 0 Å². The normalized spacial score (nSPS) is 9.77. The second-order valence-corrected chi connectivity index (χ2v) is 4.88.